The molecule has 0 spiro atoms. The first kappa shape index (κ1) is 15.6. The van der Waals surface area contributed by atoms with Crippen molar-refractivity contribution in [2.45, 2.75) is 6.42 Å². The molecule has 3 nitrogen and oxygen atoms in total. The molecule has 0 unspecified atom stereocenters. The highest BCUT2D eigenvalue weighted by atomic mass is 35.5. The Labute approximate surface area is 120 Å². The second-order valence-electron chi connectivity index (χ2n) is 4.39. The molecule has 1 aromatic rings. The molecular formula is C13H20Cl2N2O. The van der Waals surface area contributed by atoms with Crippen LogP contribution in [0, 0.1) is 0 Å². The molecule has 1 fully saturated rings. The Morgan fingerprint density at radius 2 is 1.89 bits per heavy atom. The van der Waals surface area contributed by atoms with Gasteiger partial charge in [0.15, 0.2) is 0 Å². The SMILES string of the molecule is Cl.OCCCN1CCN(c2cccc(Cl)c2)CC1. The number of halogens is 2. The van der Waals surface area contributed by atoms with E-state index in [-0.39, 0.29) is 19.0 Å². The standard InChI is InChI=1S/C13H19ClN2O.ClH/c14-12-3-1-4-13(11-12)16-8-6-15(7-9-16)5-2-10-17;/h1,3-4,11,17H,2,5-10H2;1H. The summed E-state index contributed by atoms with van der Waals surface area (Å²) in [6.07, 6.45) is 0.872. The summed E-state index contributed by atoms with van der Waals surface area (Å²) >= 11 is 6.00. The van der Waals surface area contributed by atoms with Crippen LogP contribution in [0.15, 0.2) is 24.3 Å². The van der Waals surface area contributed by atoms with Gasteiger partial charge >= 0.3 is 0 Å². The molecule has 0 saturated carbocycles. The molecule has 5 heteroatoms. The van der Waals surface area contributed by atoms with E-state index >= 15 is 0 Å². The summed E-state index contributed by atoms with van der Waals surface area (Å²) in [4.78, 5) is 4.76. The summed E-state index contributed by atoms with van der Waals surface area (Å²) in [5.74, 6) is 0. The molecule has 0 aromatic heterocycles. The molecule has 0 atom stereocenters. The van der Waals surface area contributed by atoms with Crippen molar-refractivity contribution in [2.24, 2.45) is 0 Å². The van der Waals surface area contributed by atoms with E-state index in [1.165, 1.54) is 5.69 Å². The first-order chi connectivity index (χ1) is 8.29. The van der Waals surface area contributed by atoms with Gasteiger partial charge < -0.3 is 10.0 Å². The van der Waals surface area contributed by atoms with Gasteiger partial charge in [-0.05, 0) is 24.6 Å². The van der Waals surface area contributed by atoms with Crippen molar-refractivity contribution in [1.82, 2.24) is 4.90 Å². The Morgan fingerprint density at radius 1 is 1.17 bits per heavy atom. The number of aliphatic hydroxyl groups is 1. The summed E-state index contributed by atoms with van der Waals surface area (Å²) in [6, 6.07) is 8.03. The zero-order valence-corrected chi connectivity index (χ0v) is 12.0. The van der Waals surface area contributed by atoms with Crippen LogP contribution in [-0.2, 0) is 0 Å². The van der Waals surface area contributed by atoms with Crippen LogP contribution in [0.25, 0.3) is 0 Å². The number of hydrogen-bond acceptors (Lipinski definition) is 3. The molecule has 0 radical (unpaired) electrons. The lowest BCUT2D eigenvalue weighted by atomic mass is 10.2. The minimum absolute atomic E-state index is 0. The van der Waals surface area contributed by atoms with Gasteiger partial charge in [0.05, 0.1) is 0 Å². The van der Waals surface area contributed by atoms with Gasteiger partial charge in [0.25, 0.3) is 0 Å². The molecule has 1 saturated heterocycles. The second-order valence-corrected chi connectivity index (χ2v) is 4.82. The van der Waals surface area contributed by atoms with Gasteiger partial charge in [-0.1, -0.05) is 17.7 Å². The van der Waals surface area contributed by atoms with Crippen LogP contribution in [0.3, 0.4) is 0 Å². The first-order valence-corrected chi connectivity index (χ1v) is 6.51. The molecule has 2 rings (SSSR count). The maximum absolute atomic E-state index is 8.81. The second kappa shape index (κ2) is 7.85. The van der Waals surface area contributed by atoms with Crippen LogP contribution in [0.2, 0.25) is 5.02 Å². The van der Waals surface area contributed by atoms with Crippen LogP contribution in [0.4, 0.5) is 5.69 Å². The summed E-state index contributed by atoms with van der Waals surface area (Å²) in [5, 5.41) is 9.60. The summed E-state index contributed by atoms with van der Waals surface area (Å²) < 4.78 is 0. The monoisotopic (exact) mass is 290 g/mol. The maximum atomic E-state index is 8.81. The maximum Gasteiger partial charge on any atom is 0.0443 e. The van der Waals surface area contributed by atoms with Gasteiger partial charge in [-0.3, -0.25) is 4.90 Å². The van der Waals surface area contributed by atoms with Gasteiger partial charge in [0, 0.05) is 50.0 Å². The van der Waals surface area contributed by atoms with Crippen molar-refractivity contribution >= 4 is 29.7 Å². The van der Waals surface area contributed by atoms with Gasteiger partial charge in [-0.25, -0.2) is 0 Å². The fraction of sp³-hybridized carbons (Fsp3) is 0.538. The van der Waals surface area contributed by atoms with E-state index in [0.717, 1.165) is 44.2 Å². The lowest BCUT2D eigenvalue weighted by Crippen LogP contribution is -2.46. The van der Waals surface area contributed by atoms with Crippen LogP contribution >= 0.6 is 24.0 Å². The van der Waals surface area contributed by atoms with Crippen molar-refractivity contribution in [3.8, 4) is 0 Å². The lowest BCUT2D eigenvalue weighted by Gasteiger charge is -2.36. The van der Waals surface area contributed by atoms with Gasteiger partial charge in [-0.15, -0.1) is 12.4 Å². The van der Waals surface area contributed by atoms with Crippen LogP contribution in [0.1, 0.15) is 6.42 Å². The Hall–Kier alpha value is -0.480. The number of rotatable bonds is 4. The molecule has 0 amide bonds. The Kier molecular flexibility index (Phi) is 6.79. The molecule has 1 N–H and O–H groups in total. The Bertz CT molecular complexity index is 355. The summed E-state index contributed by atoms with van der Waals surface area (Å²) in [5.41, 5.74) is 1.21. The van der Waals surface area contributed by atoms with Crippen molar-refractivity contribution < 1.29 is 5.11 Å². The first-order valence-electron chi connectivity index (χ1n) is 6.13. The minimum atomic E-state index is 0. The number of benzene rings is 1. The number of anilines is 1. The predicted octanol–water partition coefficient (Wildman–Crippen LogP) is 2.27. The highest BCUT2D eigenvalue weighted by Crippen LogP contribution is 2.20. The third-order valence-corrected chi connectivity index (χ3v) is 3.41. The minimum Gasteiger partial charge on any atom is -0.396 e. The third-order valence-electron chi connectivity index (χ3n) is 3.18. The van der Waals surface area contributed by atoms with Gasteiger partial charge in [-0.2, -0.15) is 0 Å². The summed E-state index contributed by atoms with van der Waals surface area (Å²) in [7, 11) is 0. The zero-order valence-electron chi connectivity index (χ0n) is 10.4. The molecule has 102 valence electrons. The zero-order chi connectivity index (χ0) is 12.1. The summed E-state index contributed by atoms with van der Waals surface area (Å²) in [6.45, 7) is 5.48. The number of aliphatic hydroxyl groups excluding tert-OH is 1. The van der Waals surface area contributed by atoms with E-state index in [4.69, 9.17) is 16.7 Å². The van der Waals surface area contributed by atoms with E-state index in [0.29, 0.717) is 0 Å². The van der Waals surface area contributed by atoms with E-state index in [1.807, 2.05) is 18.2 Å². The normalized spacial score (nSPS) is 16.4. The smallest absolute Gasteiger partial charge is 0.0443 e. The molecule has 18 heavy (non-hydrogen) atoms. The van der Waals surface area contributed by atoms with Crippen molar-refractivity contribution in [3.05, 3.63) is 29.3 Å². The topological polar surface area (TPSA) is 26.7 Å². The Balaban J connectivity index is 0.00000162. The average molecular weight is 291 g/mol. The molecule has 1 aliphatic heterocycles. The third kappa shape index (κ3) is 4.32. The van der Waals surface area contributed by atoms with Crippen LogP contribution < -0.4 is 4.90 Å². The quantitative estimate of drug-likeness (QED) is 0.922. The van der Waals surface area contributed by atoms with E-state index in [9.17, 15) is 0 Å². The van der Waals surface area contributed by atoms with E-state index in [1.54, 1.807) is 0 Å². The fourth-order valence-corrected chi connectivity index (χ4v) is 2.38. The van der Waals surface area contributed by atoms with E-state index in [2.05, 4.69) is 15.9 Å². The molecular weight excluding hydrogens is 271 g/mol. The fourth-order valence-electron chi connectivity index (χ4n) is 2.20. The predicted molar refractivity (Wildman–Crippen MR) is 79.1 cm³/mol. The van der Waals surface area contributed by atoms with Crippen molar-refractivity contribution in [2.75, 3.05) is 44.2 Å². The highest BCUT2D eigenvalue weighted by Gasteiger charge is 2.16. The molecule has 1 heterocycles. The number of piperazine rings is 1. The number of hydrogen-bond donors (Lipinski definition) is 1. The largest absolute Gasteiger partial charge is 0.396 e. The molecule has 1 aromatic carbocycles. The molecule has 1 aliphatic rings. The van der Waals surface area contributed by atoms with Crippen molar-refractivity contribution in [3.63, 3.8) is 0 Å². The Morgan fingerprint density at radius 3 is 2.50 bits per heavy atom. The lowest BCUT2D eigenvalue weighted by molar-refractivity contribution is 0.216. The van der Waals surface area contributed by atoms with Gasteiger partial charge in [0.1, 0.15) is 0 Å². The van der Waals surface area contributed by atoms with Crippen LogP contribution in [0.5, 0.6) is 0 Å². The highest BCUT2D eigenvalue weighted by molar-refractivity contribution is 6.30. The molecule has 0 aliphatic carbocycles. The number of nitrogens with zero attached hydrogens (tertiary/aromatic N) is 2. The van der Waals surface area contributed by atoms with E-state index < -0.39 is 0 Å². The average Bonchev–Trinajstić information content (AvgIpc) is 2.37. The van der Waals surface area contributed by atoms with Gasteiger partial charge in [0.2, 0.25) is 0 Å². The van der Waals surface area contributed by atoms with Crippen LogP contribution in [-0.4, -0.2) is 49.3 Å². The molecule has 0 bridgehead atoms. The van der Waals surface area contributed by atoms with Crippen molar-refractivity contribution in [1.29, 1.82) is 0 Å².